The van der Waals surface area contributed by atoms with Gasteiger partial charge in [-0.05, 0) is 52.0 Å². The molecular formula is C16H32N2O. The van der Waals surface area contributed by atoms with E-state index in [1.54, 1.807) is 0 Å². The molecule has 0 amide bonds. The fourth-order valence-corrected chi connectivity index (χ4v) is 3.71. The van der Waals surface area contributed by atoms with Crippen molar-refractivity contribution in [1.29, 1.82) is 0 Å². The van der Waals surface area contributed by atoms with Gasteiger partial charge in [0.15, 0.2) is 0 Å². The van der Waals surface area contributed by atoms with Gasteiger partial charge in [0.2, 0.25) is 0 Å². The van der Waals surface area contributed by atoms with E-state index in [1.165, 1.54) is 32.2 Å². The van der Waals surface area contributed by atoms with Crippen molar-refractivity contribution in [3.05, 3.63) is 0 Å². The number of nitrogens with one attached hydrogen (secondary N) is 1. The van der Waals surface area contributed by atoms with Crippen LogP contribution >= 0.6 is 0 Å². The summed E-state index contributed by atoms with van der Waals surface area (Å²) in [6, 6.07) is 2.20. The lowest BCUT2D eigenvalue weighted by Gasteiger charge is -2.51. The lowest BCUT2D eigenvalue weighted by Crippen LogP contribution is -2.60. The molecule has 1 N–H and O–H groups in total. The summed E-state index contributed by atoms with van der Waals surface area (Å²) in [5.41, 5.74) is 0. The van der Waals surface area contributed by atoms with Crippen LogP contribution in [0.1, 0.15) is 53.4 Å². The van der Waals surface area contributed by atoms with Gasteiger partial charge in [0.25, 0.3) is 0 Å². The van der Waals surface area contributed by atoms with Gasteiger partial charge in [-0.1, -0.05) is 13.8 Å². The number of nitrogens with zero attached hydrogens (tertiary/aromatic N) is 1. The number of likely N-dealkylation sites (tertiary alicyclic amines) is 1. The molecule has 112 valence electrons. The third-order valence-corrected chi connectivity index (χ3v) is 5.21. The van der Waals surface area contributed by atoms with Gasteiger partial charge >= 0.3 is 0 Å². The highest BCUT2D eigenvalue weighted by Gasteiger charge is 2.41. The topological polar surface area (TPSA) is 24.5 Å². The number of ether oxygens (including phenoxy) is 1. The smallest absolute Gasteiger partial charge is 0.0604 e. The van der Waals surface area contributed by atoms with Crippen LogP contribution < -0.4 is 5.32 Å². The van der Waals surface area contributed by atoms with Crippen LogP contribution in [-0.2, 0) is 4.74 Å². The Morgan fingerprint density at radius 2 is 1.95 bits per heavy atom. The highest BCUT2D eigenvalue weighted by molar-refractivity contribution is 4.96. The van der Waals surface area contributed by atoms with Crippen molar-refractivity contribution in [1.82, 2.24) is 10.2 Å². The molecule has 0 aromatic carbocycles. The predicted molar refractivity (Wildman–Crippen MR) is 80.5 cm³/mol. The van der Waals surface area contributed by atoms with Crippen molar-refractivity contribution in [3.63, 3.8) is 0 Å². The standard InChI is InChI=1S/C16H32N2O/c1-5-8-17-16-7-9-18(13(4)12(16)3)14-10-15(11-14)19-6-2/h12-17H,5-11H2,1-4H3. The van der Waals surface area contributed by atoms with Crippen LogP contribution in [0.2, 0.25) is 0 Å². The summed E-state index contributed by atoms with van der Waals surface area (Å²) in [5.74, 6) is 0.756. The summed E-state index contributed by atoms with van der Waals surface area (Å²) in [7, 11) is 0. The maximum absolute atomic E-state index is 5.70. The lowest BCUT2D eigenvalue weighted by molar-refractivity contribution is -0.0733. The summed E-state index contributed by atoms with van der Waals surface area (Å²) >= 11 is 0. The Labute approximate surface area is 119 Å². The Morgan fingerprint density at radius 1 is 1.21 bits per heavy atom. The molecule has 3 unspecified atom stereocenters. The van der Waals surface area contributed by atoms with E-state index < -0.39 is 0 Å². The van der Waals surface area contributed by atoms with E-state index in [4.69, 9.17) is 4.74 Å². The van der Waals surface area contributed by atoms with Crippen LogP contribution in [0.3, 0.4) is 0 Å². The molecule has 3 heteroatoms. The molecule has 3 nitrogen and oxygen atoms in total. The van der Waals surface area contributed by atoms with Gasteiger partial charge in [-0.3, -0.25) is 4.90 Å². The first kappa shape index (κ1) is 15.3. The Balaban J connectivity index is 1.79. The predicted octanol–water partition coefficient (Wildman–Crippen LogP) is 2.65. The summed E-state index contributed by atoms with van der Waals surface area (Å²) in [4.78, 5) is 2.74. The van der Waals surface area contributed by atoms with Crippen molar-refractivity contribution in [2.75, 3.05) is 19.7 Å². The van der Waals surface area contributed by atoms with Crippen molar-refractivity contribution in [3.8, 4) is 0 Å². The molecular weight excluding hydrogens is 236 g/mol. The van der Waals surface area contributed by atoms with Crippen LogP contribution in [0.25, 0.3) is 0 Å². The quantitative estimate of drug-likeness (QED) is 0.801. The minimum atomic E-state index is 0.536. The molecule has 2 rings (SSSR count). The van der Waals surface area contributed by atoms with Crippen molar-refractivity contribution >= 4 is 0 Å². The lowest BCUT2D eigenvalue weighted by atomic mass is 9.80. The van der Waals surface area contributed by atoms with E-state index in [2.05, 4.69) is 37.9 Å². The molecule has 1 heterocycles. The number of hydrogen-bond donors (Lipinski definition) is 1. The first-order valence-electron chi connectivity index (χ1n) is 8.28. The minimum absolute atomic E-state index is 0.536. The van der Waals surface area contributed by atoms with Gasteiger partial charge in [-0.25, -0.2) is 0 Å². The van der Waals surface area contributed by atoms with Crippen LogP contribution in [0, 0.1) is 5.92 Å². The molecule has 2 aliphatic rings. The second kappa shape index (κ2) is 7.05. The van der Waals surface area contributed by atoms with E-state index in [1.807, 2.05) is 0 Å². The zero-order valence-electron chi connectivity index (χ0n) is 13.2. The van der Waals surface area contributed by atoms with Gasteiger partial charge in [-0.15, -0.1) is 0 Å². The second-order valence-corrected chi connectivity index (χ2v) is 6.39. The van der Waals surface area contributed by atoms with Crippen LogP contribution in [0.15, 0.2) is 0 Å². The Bertz CT molecular complexity index is 265. The molecule has 1 aliphatic heterocycles. The molecule has 0 aromatic heterocycles. The van der Waals surface area contributed by atoms with Gasteiger partial charge < -0.3 is 10.1 Å². The van der Waals surface area contributed by atoms with Gasteiger partial charge in [-0.2, -0.15) is 0 Å². The molecule has 0 aromatic rings. The summed E-state index contributed by atoms with van der Waals surface area (Å²) in [6.45, 7) is 12.5. The van der Waals surface area contributed by atoms with Gasteiger partial charge in [0.1, 0.15) is 0 Å². The number of piperidine rings is 1. The molecule has 3 atom stereocenters. The van der Waals surface area contributed by atoms with Gasteiger partial charge in [0, 0.05) is 31.3 Å². The monoisotopic (exact) mass is 268 g/mol. The SMILES string of the molecule is CCCNC1CCN(C2CC(OCC)C2)C(C)C1C. The van der Waals surface area contributed by atoms with E-state index in [-0.39, 0.29) is 0 Å². The van der Waals surface area contributed by atoms with Crippen LogP contribution in [0.4, 0.5) is 0 Å². The maximum atomic E-state index is 5.70. The number of rotatable bonds is 6. The average molecular weight is 268 g/mol. The summed E-state index contributed by atoms with van der Waals surface area (Å²) in [6.07, 6.45) is 5.57. The first-order valence-corrected chi connectivity index (χ1v) is 8.28. The third kappa shape index (κ3) is 3.50. The molecule has 0 bridgehead atoms. The fourth-order valence-electron chi connectivity index (χ4n) is 3.71. The summed E-state index contributed by atoms with van der Waals surface area (Å²) in [5, 5.41) is 3.72. The maximum Gasteiger partial charge on any atom is 0.0604 e. The highest BCUT2D eigenvalue weighted by Crippen LogP contribution is 2.34. The normalized spacial score (nSPS) is 40.1. The highest BCUT2D eigenvalue weighted by atomic mass is 16.5. The molecule has 19 heavy (non-hydrogen) atoms. The molecule has 1 aliphatic carbocycles. The van der Waals surface area contributed by atoms with Crippen molar-refractivity contribution in [2.24, 2.45) is 5.92 Å². The first-order chi connectivity index (χ1) is 9.17. The Kier molecular flexibility index (Phi) is 5.67. The van der Waals surface area contributed by atoms with Crippen molar-refractivity contribution < 1.29 is 4.74 Å². The second-order valence-electron chi connectivity index (χ2n) is 6.39. The Hall–Kier alpha value is -0.120. The third-order valence-electron chi connectivity index (χ3n) is 5.21. The average Bonchev–Trinajstić information content (AvgIpc) is 2.36. The zero-order chi connectivity index (χ0) is 13.8. The van der Waals surface area contributed by atoms with Crippen LogP contribution in [0.5, 0.6) is 0 Å². The van der Waals surface area contributed by atoms with E-state index in [0.29, 0.717) is 18.2 Å². The van der Waals surface area contributed by atoms with E-state index in [9.17, 15) is 0 Å². The largest absolute Gasteiger partial charge is 0.378 e. The molecule has 1 saturated carbocycles. The van der Waals surface area contributed by atoms with Crippen molar-refractivity contribution in [2.45, 2.75) is 77.6 Å². The zero-order valence-corrected chi connectivity index (χ0v) is 13.2. The Morgan fingerprint density at radius 3 is 2.58 bits per heavy atom. The molecule has 0 radical (unpaired) electrons. The van der Waals surface area contributed by atoms with Gasteiger partial charge in [0.05, 0.1) is 6.10 Å². The molecule has 0 spiro atoms. The summed E-state index contributed by atoms with van der Waals surface area (Å²) < 4.78 is 5.70. The van der Waals surface area contributed by atoms with E-state index in [0.717, 1.165) is 25.1 Å². The number of hydrogen-bond acceptors (Lipinski definition) is 3. The molecule has 1 saturated heterocycles. The van der Waals surface area contributed by atoms with E-state index >= 15 is 0 Å². The van der Waals surface area contributed by atoms with Crippen LogP contribution in [-0.4, -0.2) is 48.8 Å². The minimum Gasteiger partial charge on any atom is -0.378 e. The molecule has 2 fully saturated rings. The fraction of sp³-hybridized carbons (Fsp3) is 1.00.